The number of hydrogen-bond donors (Lipinski definition) is 1. The van der Waals surface area contributed by atoms with Crippen molar-refractivity contribution in [2.24, 2.45) is 5.41 Å². The van der Waals surface area contributed by atoms with Crippen LogP contribution < -0.4 is 15.2 Å². The van der Waals surface area contributed by atoms with Crippen LogP contribution in [-0.4, -0.2) is 18.4 Å². The van der Waals surface area contributed by atoms with Crippen molar-refractivity contribution in [3.05, 3.63) is 23.2 Å². The minimum absolute atomic E-state index is 0.180. The molecule has 1 aliphatic heterocycles. The summed E-state index contributed by atoms with van der Waals surface area (Å²) in [6, 6.07) is 5.27. The monoisotopic (exact) mass is 292 g/mol. The van der Waals surface area contributed by atoms with Gasteiger partial charge in [0.2, 0.25) is 0 Å². The fourth-order valence-corrected chi connectivity index (χ4v) is 2.61. The Morgan fingerprint density at radius 1 is 1.15 bits per heavy atom. The second-order valence-electron chi connectivity index (χ2n) is 5.48. The van der Waals surface area contributed by atoms with Crippen molar-refractivity contribution < 1.29 is 14.0 Å². The van der Waals surface area contributed by atoms with E-state index in [1.165, 1.54) is 0 Å². The molecule has 6 heteroatoms. The van der Waals surface area contributed by atoms with E-state index in [0.29, 0.717) is 41.3 Å². The number of anilines is 1. The van der Waals surface area contributed by atoms with Crippen LogP contribution in [-0.2, 0) is 0 Å². The van der Waals surface area contributed by atoms with E-state index in [1.54, 1.807) is 12.1 Å². The maximum Gasteiger partial charge on any atom is 0.179 e. The molecule has 2 aromatic rings. The van der Waals surface area contributed by atoms with Gasteiger partial charge >= 0.3 is 0 Å². The highest BCUT2D eigenvalue weighted by Gasteiger charge is 2.46. The second-order valence-corrected chi connectivity index (χ2v) is 5.89. The molecule has 1 spiro atoms. The van der Waals surface area contributed by atoms with Gasteiger partial charge in [0.05, 0.1) is 18.2 Å². The molecule has 1 aromatic carbocycles. The SMILES string of the molecule is Nc1cc(-c2cc(Cl)c3c(c2)OCC2(CC2)CO3)on1. The van der Waals surface area contributed by atoms with Crippen LogP contribution in [0.5, 0.6) is 11.5 Å². The molecule has 0 saturated heterocycles. The molecule has 0 radical (unpaired) electrons. The Bertz CT molecular complexity index is 679. The van der Waals surface area contributed by atoms with Gasteiger partial charge in [0, 0.05) is 17.0 Å². The summed E-state index contributed by atoms with van der Waals surface area (Å²) in [6.07, 6.45) is 2.29. The van der Waals surface area contributed by atoms with Gasteiger partial charge in [0.1, 0.15) is 0 Å². The summed E-state index contributed by atoms with van der Waals surface area (Å²) in [7, 11) is 0. The Labute approximate surface area is 120 Å². The van der Waals surface area contributed by atoms with Crippen LogP contribution in [0.4, 0.5) is 5.82 Å². The molecule has 5 nitrogen and oxygen atoms in total. The lowest BCUT2D eigenvalue weighted by Gasteiger charge is -2.10. The molecule has 1 aliphatic carbocycles. The van der Waals surface area contributed by atoms with E-state index in [9.17, 15) is 0 Å². The van der Waals surface area contributed by atoms with Gasteiger partial charge < -0.3 is 19.7 Å². The molecule has 0 unspecified atom stereocenters. The first-order valence-electron chi connectivity index (χ1n) is 6.47. The molecule has 1 aromatic heterocycles. The topological polar surface area (TPSA) is 70.5 Å². The van der Waals surface area contributed by atoms with Crippen molar-refractivity contribution in [3.8, 4) is 22.8 Å². The summed E-state index contributed by atoms with van der Waals surface area (Å²) < 4.78 is 16.8. The van der Waals surface area contributed by atoms with E-state index >= 15 is 0 Å². The number of fused-ring (bicyclic) bond motifs is 1. The third-order valence-corrected chi connectivity index (χ3v) is 4.12. The van der Waals surface area contributed by atoms with Crippen molar-refractivity contribution in [1.82, 2.24) is 5.16 Å². The Morgan fingerprint density at radius 2 is 1.95 bits per heavy atom. The zero-order valence-electron chi connectivity index (χ0n) is 10.7. The molecule has 4 rings (SSSR count). The van der Waals surface area contributed by atoms with E-state index in [2.05, 4.69) is 5.16 Å². The van der Waals surface area contributed by atoms with Crippen molar-refractivity contribution in [1.29, 1.82) is 0 Å². The Balaban J connectivity index is 1.75. The first-order valence-corrected chi connectivity index (χ1v) is 6.85. The van der Waals surface area contributed by atoms with Gasteiger partial charge in [-0.2, -0.15) is 0 Å². The summed E-state index contributed by atoms with van der Waals surface area (Å²) in [5.74, 6) is 2.14. The Kier molecular flexibility index (Phi) is 2.41. The molecule has 2 N–H and O–H groups in total. The molecule has 0 amide bonds. The fourth-order valence-electron chi connectivity index (χ4n) is 2.35. The highest BCUT2D eigenvalue weighted by molar-refractivity contribution is 6.32. The van der Waals surface area contributed by atoms with Crippen LogP contribution in [0.2, 0.25) is 5.02 Å². The number of halogens is 1. The minimum Gasteiger partial charge on any atom is -0.489 e. The maximum absolute atomic E-state index is 6.29. The highest BCUT2D eigenvalue weighted by atomic mass is 35.5. The largest absolute Gasteiger partial charge is 0.489 e. The molecular weight excluding hydrogens is 280 g/mol. The van der Waals surface area contributed by atoms with E-state index in [1.807, 2.05) is 6.07 Å². The van der Waals surface area contributed by atoms with E-state index < -0.39 is 0 Å². The number of benzene rings is 1. The highest BCUT2D eigenvalue weighted by Crippen LogP contribution is 2.51. The van der Waals surface area contributed by atoms with Gasteiger partial charge in [-0.25, -0.2) is 0 Å². The first-order chi connectivity index (χ1) is 9.65. The van der Waals surface area contributed by atoms with Crippen LogP contribution in [0.1, 0.15) is 12.8 Å². The third-order valence-electron chi connectivity index (χ3n) is 3.84. The predicted molar refractivity (Wildman–Crippen MR) is 74.0 cm³/mol. The molecule has 104 valence electrons. The van der Waals surface area contributed by atoms with Crippen molar-refractivity contribution >= 4 is 17.4 Å². The van der Waals surface area contributed by atoms with Crippen LogP contribution >= 0.6 is 11.6 Å². The predicted octanol–water partition coefficient (Wildman–Crippen LogP) is 3.13. The molecular formula is C14H13ClN2O3. The smallest absolute Gasteiger partial charge is 0.179 e. The molecule has 1 fully saturated rings. The van der Waals surface area contributed by atoms with E-state index in [-0.39, 0.29) is 5.41 Å². The molecule has 0 atom stereocenters. The normalized spacial score (nSPS) is 18.9. The maximum atomic E-state index is 6.29. The lowest BCUT2D eigenvalue weighted by molar-refractivity contribution is 0.197. The second kappa shape index (κ2) is 4.06. The fraction of sp³-hybridized carbons (Fsp3) is 0.357. The van der Waals surface area contributed by atoms with Gasteiger partial charge in [-0.3, -0.25) is 0 Å². The number of rotatable bonds is 1. The summed E-state index contributed by atoms with van der Waals surface area (Å²) in [6.45, 7) is 1.33. The molecule has 0 bridgehead atoms. The zero-order chi connectivity index (χ0) is 13.7. The average Bonchev–Trinajstić information content (AvgIpc) is 3.12. The molecule has 2 aliphatic rings. The molecule has 20 heavy (non-hydrogen) atoms. The number of aromatic nitrogens is 1. The number of nitrogens with zero attached hydrogens (tertiary/aromatic N) is 1. The minimum atomic E-state index is 0.180. The third kappa shape index (κ3) is 1.89. The van der Waals surface area contributed by atoms with Gasteiger partial charge in [0.25, 0.3) is 0 Å². The van der Waals surface area contributed by atoms with Gasteiger partial charge in [-0.15, -0.1) is 0 Å². The lowest BCUT2D eigenvalue weighted by atomic mass is 10.1. The van der Waals surface area contributed by atoms with Crippen LogP contribution in [0.25, 0.3) is 11.3 Å². The number of ether oxygens (including phenoxy) is 2. The van der Waals surface area contributed by atoms with E-state index in [4.69, 9.17) is 31.3 Å². The Hall–Kier alpha value is -1.88. The summed E-state index contributed by atoms with van der Waals surface area (Å²) in [5, 5.41) is 4.18. The molecule has 1 saturated carbocycles. The van der Waals surface area contributed by atoms with Gasteiger partial charge in [-0.05, 0) is 25.0 Å². The average molecular weight is 293 g/mol. The van der Waals surface area contributed by atoms with Gasteiger partial charge in [0.15, 0.2) is 23.1 Å². The van der Waals surface area contributed by atoms with Crippen LogP contribution in [0.15, 0.2) is 22.7 Å². The van der Waals surface area contributed by atoms with E-state index in [0.717, 1.165) is 18.4 Å². The standard InChI is InChI=1S/C14H13ClN2O3/c15-9-3-8(10-5-12(16)17-20-10)4-11-13(9)19-7-14(1-2-14)6-18-11/h3-5H,1-2,6-7H2,(H2,16,17). The van der Waals surface area contributed by atoms with Crippen molar-refractivity contribution in [2.45, 2.75) is 12.8 Å². The number of nitrogen functional groups attached to an aromatic ring is 1. The molecule has 2 heterocycles. The summed E-state index contributed by atoms with van der Waals surface area (Å²) in [4.78, 5) is 0. The van der Waals surface area contributed by atoms with Crippen LogP contribution in [0.3, 0.4) is 0 Å². The van der Waals surface area contributed by atoms with Gasteiger partial charge in [-0.1, -0.05) is 16.8 Å². The quantitative estimate of drug-likeness (QED) is 0.874. The number of hydrogen-bond acceptors (Lipinski definition) is 5. The lowest BCUT2D eigenvalue weighted by Crippen LogP contribution is -2.17. The van der Waals surface area contributed by atoms with Crippen molar-refractivity contribution in [3.63, 3.8) is 0 Å². The van der Waals surface area contributed by atoms with Crippen LogP contribution in [0, 0.1) is 5.41 Å². The first kappa shape index (κ1) is 11.9. The Morgan fingerprint density at radius 3 is 2.65 bits per heavy atom. The zero-order valence-corrected chi connectivity index (χ0v) is 11.4. The van der Waals surface area contributed by atoms with Crippen molar-refractivity contribution in [2.75, 3.05) is 18.9 Å². The number of nitrogens with two attached hydrogens (primary N) is 1. The summed E-state index contributed by atoms with van der Waals surface area (Å²) >= 11 is 6.29. The summed E-state index contributed by atoms with van der Waals surface area (Å²) in [5.41, 5.74) is 6.52.